The van der Waals surface area contributed by atoms with Gasteiger partial charge in [-0.3, -0.25) is 4.79 Å². The Hall–Kier alpha value is -3.00. The highest BCUT2D eigenvalue weighted by molar-refractivity contribution is 5.85. The molecule has 0 radical (unpaired) electrons. The van der Waals surface area contributed by atoms with E-state index in [0.717, 1.165) is 5.56 Å². The third kappa shape index (κ3) is 3.75. The van der Waals surface area contributed by atoms with Gasteiger partial charge in [0.05, 0.1) is 6.10 Å². The fourth-order valence-electron chi connectivity index (χ4n) is 3.45. The van der Waals surface area contributed by atoms with Gasteiger partial charge in [0.15, 0.2) is 5.69 Å². The van der Waals surface area contributed by atoms with E-state index in [4.69, 9.17) is 5.11 Å². The molecule has 1 aliphatic heterocycles. The Kier molecular flexibility index (Phi) is 5.09. The maximum Gasteiger partial charge on any atom is 0.354 e. The van der Waals surface area contributed by atoms with E-state index in [1.54, 1.807) is 11.8 Å². The molecule has 2 aromatic rings. The first-order valence-corrected chi connectivity index (χ1v) is 8.61. The van der Waals surface area contributed by atoms with Gasteiger partial charge < -0.3 is 20.2 Å². The number of benzene rings is 1. The number of hydrogen-bond acceptors (Lipinski definition) is 6. The first-order chi connectivity index (χ1) is 12.8. The van der Waals surface area contributed by atoms with Crippen molar-refractivity contribution in [1.29, 1.82) is 0 Å². The van der Waals surface area contributed by atoms with E-state index in [2.05, 4.69) is 9.97 Å². The molecule has 0 amide bonds. The molecule has 1 saturated heterocycles. The number of aliphatic hydroxyl groups excluding tert-OH is 1. The van der Waals surface area contributed by atoms with Gasteiger partial charge in [-0.05, 0) is 31.4 Å². The minimum absolute atomic E-state index is 0.0155. The monoisotopic (exact) mass is 371 g/mol. The first kappa shape index (κ1) is 18.8. The standard InChI is InChI=1S/C19H21N3O5/c1-12-9-14(16(24)25)21-18(20-12)22-8-7-19(17(26)27,15(23)11-22)10-13-5-3-2-4-6-13/h2-6,9,15,23H,7-8,10-11H2,1H3,(H,24,25)(H,26,27)/t15?,19-/m1/s1. The maximum absolute atomic E-state index is 12.0. The average molecular weight is 371 g/mol. The lowest BCUT2D eigenvalue weighted by atomic mass is 9.72. The zero-order chi connectivity index (χ0) is 19.6. The van der Waals surface area contributed by atoms with E-state index in [9.17, 15) is 19.8 Å². The number of aromatic nitrogens is 2. The second-order valence-electron chi connectivity index (χ2n) is 6.84. The molecule has 8 nitrogen and oxygen atoms in total. The number of carbonyl (C=O) groups is 2. The van der Waals surface area contributed by atoms with Crippen molar-refractivity contribution in [3.05, 3.63) is 53.3 Å². The number of β-amino-alcohol motifs (C(OH)–C–C–N with tert-alkyl or cyclic N) is 1. The van der Waals surface area contributed by atoms with Crippen molar-refractivity contribution in [2.45, 2.75) is 25.9 Å². The Labute approximate surface area is 156 Å². The van der Waals surface area contributed by atoms with Crippen LogP contribution in [0.5, 0.6) is 0 Å². The van der Waals surface area contributed by atoms with Crippen molar-refractivity contribution in [3.63, 3.8) is 0 Å². The summed E-state index contributed by atoms with van der Waals surface area (Å²) in [5.41, 5.74) is -0.109. The number of anilines is 1. The summed E-state index contributed by atoms with van der Waals surface area (Å²) >= 11 is 0. The molecule has 3 rings (SSSR count). The molecule has 2 heterocycles. The Morgan fingerprint density at radius 2 is 1.93 bits per heavy atom. The number of aromatic carboxylic acids is 1. The van der Waals surface area contributed by atoms with Crippen LogP contribution in [0.2, 0.25) is 0 Å². The summed E-state index contributed by atoms with van der Waals surface area (Å²) in [7, 11) is 0. The summed E-state index contributed by atoms with van der Waals surface area (Å²) in [6.07, 6.45) is -0.743. The highest BCUT2D eigenvalue weighted by atomic mass is 16.4. The predicted molar refractivity (Wildman–Crippen MR) is 96.8 cm³/mol. The van der Waals surface area contributed by atoms with Crippen LogP contribution in [0.25, 0.3) is 0 Å². The molecule has 2 atom stereocenters. The molecule has 1 aromatic carbocycles. The topological polar surface area (TPSA) is 124 Å². The number of aliphatic carboxylic acids is 1. The van der Waals surface area contributed by atoms with Gasteiger partial charge in [0.25, 0.3) is 0 Å². The largest absolute Gasteiger partial charge is 0.481 e. The van der Waals surface area contributed by atoms with Crippen molar-refractivity contribution in [2.75, 3.05) is 18.0 Å². The van der Waals surface area contributed by atoms with Gasteiger partial charge in [-0.25, -0.2) is 14.8 Å². The van der Waals surface area contributed by atoms with Crippen molar-refractivity contribution < 1.29 is 24.9 Å². The molecular formula is C19H21N3O5. The summed E-state index contributed by atoms with van der Waals surface area (Å²) < 4.78 is 0. The number of aryl methyl sites for hydroxylation is 1. The van der Waals surface area contributed by atoms with Crippen LogP contribution in [0.1, 0.15) is 28.2 Å². The molecule has 142 valence electrons. The Bertz CT molecular complexity index is 858. The molecule has 1 fully saturated rings. The minimum Gasteiger partial charge on any atom is -0.481 e. The fourth-order valence-corrected chi connectivity index (χ4v) is 3.45. The number of carboxylic acids is 2. The van der Waals surface area contributed by atoms with Crippen molar-refractivity contribution in [3.8, 4) is 0 Å². The van der Waals surface area contributed by atoms with E-state index in [-0.39, 0.29) is 31.0 Å². The number of rotatable bonds is 5. The third-order valence-electron chi connectivity index (χ3n) is 4.99. The van der Waals surface area contributed by atoms with Gasteiger partial charge in [-0.15, -0.1) is 0 Å². The molecule has 1 aliphatic rings. The lowest BCUT2D eigenvalue weighted by Gasteiger charge is -2.43. The molecule has 27 heavy (non-hydrogen) atoms. The predicted octanol–water partition coefficient (Wildman–Crippen LogP) is 1.37. The van der Waals surface area contributed by atoms with Gasteiger partial charge in [0.2, 0.25) is 5.95 Å². The van der Waals surface area contributed by atoms with Gasteiger partial charge in [-0.1, -0.05) is 30.3 Å². The van der Waals surface area contributed by atoms with Gasteiger partial charge in [-0.2, -0.15) is 0 Å². The summed E-state index contributed by atoms with van der Waals surface area (Å²) in [5.74, 6) is -2.02. The molecule has 0 aliphatic carbocycles. The van der Waals surface area contributed by atoms with Crippen LogP contribution >= 0.6 is 0 Å². The van der Waals surface area contributed by atoms with Crippen LogP contribution in [0.3, 0.4) is 0 Å². The van der Waals surface area contributed by atoms with Crippen LogP contribution in [-0.4, -0.2) is 56.4 Å². The number of hydrogen-bond donors (Lipinski definition) is 3. The second kappa shape index (κ2) is 7.32. The average Bonchev–Trinajstić information content (AvgIpc) is 2.63. The van der Waals surface area contributed by atoms with E-state index < -0.39 is 23.5 Å². The van der Waals surface area contributed by atoms with Crippen LogP contribution in [-0.2, 0) is 11.2 Å². The Balaban J connectivity index is 1.85. The highest BCUT2D eigenvalue weighted by Crippen LogP contribution is 2.37. The summed E-state index contributed by atoms with van der Waals surface area (Å²) in [6.45, 7) is 1.98. The van der Waals surface area contributed by atoms with Crippen LogP contribution in [0.4, 0.5) is 5.95 Å². The normalized spacial score (nSPS) is 22.4. The highest BCUT2D eigenvalue weighted by Gasteiger charge is 2.49. The molecule has 0 spiro atoms. The van der Waals surface area contributed by atoms with Crippen molar-refractivity contribution >= 4 is 17.9 Å². The SMILES string of the molecule is Cc1cc(C(=O)O)nc(N2CC[C@](Cc3ccccc3)(C(=O)O)C(O)C2)n1. The lowest BCUT2D eigenvalue weighted by Crippen LogP contribution is -2.56. The summed E-state index contributed by atoms with van der Waals surface area (Å²) in [5, 5.41) is 29.8. The molecule has 0 bridgehead atoms. The fraction of sp³-hybridized carbons (Fsp3) is 0.368. The van der Waals surface area contributed by atoms with E-state index in [0.29, 0.717) is 12.2 Å². The maximum atomic E-state index is 12.0. The molecule has 8 heteroatoms. The zero-order valence-electron chi connectivity index (χ0n) is 14.9. The molecule has 1 aromatic heterocycles. The van der Waals surface area contributed by atoms with E-state index in [1.165, 1.54) is 6.07 Å². The number of aliphatic hydroxyl groups is 1. The Morgan fingerprint density at radius 1 is 1.22 bits per heavy atom. The quantitative estimate of drug-likeness (QED) is 0.720. The number of nitrogens with zero attached hydrogens (tertiary/aromatic N) is 3. The van der Waals surface area contributed by atoms with E-state index >= 15 is 0 Å². The van der Waals surface area contributed by atoms with Gasteiger partial charge >= 0.3 is 11.9 Å². The van der Waals surface area contributed by atoms with Crippen LogP contribution < -0.4 is 4.90 Å². The molecule has 0 saturated carbocycles. The van der Waals surface area contributed by atoms with E-state index in [1.807, 2.05) is 30.3 Å². The second-order valence-corrected chi connectivity index (χ2v) is 6.84. The summed E-state index contributed by atoms with van der Waals surface area (Å²) in [6, 6.07) is 10.6. The first-order valence-electron chi connectivity index (χ1n) is 8.61. The minimum atomic E-state index is -1.31. The van der Waals surface area contributed by atoms with Gasteiger partial charge in [0.1, 0.15) is 5.41 Å². The number of carboxylic acid groups (broad SMARTS) is 2. The van der Waals surface area contributed by atoms with Crippen molar-refractivity contribution in [1.82, 2.24) is 9.97 Å². The smallest absolute Gasteiger partial charge is 0.354 e. The van der Waals surface area contributed by atoms with Crippen LogP contribution in [0.15, 0.2) is 36.4 Å². The molecular weight excluding hydrogens is 350 g/mol. The van der Waals surface area contributed by atoms with Crippen molar-refractivity contribution in [2.24, 2.45) is 5.41 Å². The third-order valence-corrected chi connectivity index (χ3v) is 4.99. The Morgan fingerprint density at radius 3 is 2.52 bits per heavy atom. The van der Waals surface area contributed by atoms with Gasteiger partial charge in [0, 0.05) is 18.8 Å². The zero-order valence-corrected chi connectivity index (χ0v) is 14.9. The molecule has 1 unspecified atom stereocenters. The van der Waals surface area contributed by atoms with Crippen LogP contribution in [0, 0.1) is 12.3 Å². The summed E-state index contributed by atoms with van der Waals surface area (Å²) in [4.78, 5) is 33.2. The number of piperidine rings is 1. The molecule has 3 N–H and O–H groups in total. The lowest BCUT2D eigenvalue weighted by molar-refractivity contribution is -0.158.